The van der Waals surface area contributed by atoms with Gasteiger partial charge >= 0.3 is 5.97 Å². The number of para-hydroxylation sites is 1. The topological polar surface area (TPSA) is 66.0 Å². The number of hydrogen-bond acceptors (Lipinski definition) is 2. The Morgan fingerprint density at radius 2 is 1.92 bits per heavy atom. The van der Waals surface area contributed by atoms with Crippen molar-refractivity contribution in [3.63, 3.8) is 0 Å². The normalized spacial score (nSPS) is 11.4. The van der Waals surface area contributed by atoms with Crippen molar-refractivity contribution in [2.24, 2.45) is 0 Å². The summed E-state index contributed by atoms with van der Waals surface area (Å²) in [7, 11) is 0. The van der Waals surface area contributed by atoms with Crippen LogP contribution in [0.25, 0.3) is 17.0 Å². The van der Waals surface area contributed by atoms with Crippen LogP contribution in [0.3, 0.4) is 0 Å². The lowest BCUT2D eigenvalue weighted by Crippen LogP contribution is -1.98. The third-order valence-electron chi connectivity index (χ3n) is 3.94. The number of aliphatic carboxylic acids is 1. The fourth-order valence-corrected chi connectivity index (χ4v) is 2.71. The largest absolute Gasteiger partial charge is 0.477 e. The van der Waals surface area contributed by atoms with E-state index in [2.05, 4.69) is 28.8 Å². The second-order valence-electron chi connectivity index (χ2n) is 5.69. The van der Waals surface area contributed by atoms with Gasteiger partial charge in [0.25, 0.3) is 0 Å². The SMILES string of the molecule is Cc1ccc(Cn2cc(/C=C(\C#N)C(=O)O)c3ccccc32)cc1. The average Bonchev–Trinajstić information content (AvgIpc) is 2.92. The molecule has 1 aromatic heterocycles. The quantitative estimate of drug-likeness (QED) is 0.584. The summed E-state index contributed by atoms with van der Waals surface area (Å²) in [6.45, 7) is 2.73. The number of rotatable bonds is 4. The predicted molar refractivity (Wildman–Crippen MR) is 93.4 cm³/mol. The van der Waals surface area contributed by atoms with E-state index in [1.807, 2.05) is 37.4 Å². The van der Waals surface area contributed by atoms with Gasteiger partial charge in [-0.1, -0.05) is 48.0 Å². The van der Waals surface area contributed by atoms with Gasteiger partial charge in [0, 0.05) is 29.2 Å². The first-order chi connectivity index (χ1) is 11.6. The molecule has 0 aliphatic rings. The summed E-state index contributed by atoms with van der Waals surface area (Å²) >= 11 is 0. The summed E-state index contributed by atoms with van der Waals surface area (Å²) in [6.07, 6.45) is 3.32. The van der Waals surface area contributed by atoms with Crippen LogP contribution in [0.5, 0.6) is 0 Å². The number of fused-ring (bicyclic) bond motifs is 1. The van der Waals surface area contributed by atoms with Crippen LogP contribution in [-0.4, -0.2) is 15.6 Å². The molecule has 0 amide bonds. The highest BCUT2D eigenvalue weighted by Crippen LogP contribution is 2.24. The van der Waals surface area contributed by atoms with Crippen LogP contribution in [-0.2, 0) is 11.3 Å². The summed E-state index contributed by atoms with van der Waals surface area (Å²) in [5, 5.41) is 19.0. The minimum Gasteiger partial charge on any atom is -0.477 e. The molecular formula is C20H16N2O2. The van der Waals surface area contributed by atoms with E-state index in [1.54, 1.807) is 6.07 Å². The van der Waals surface area contributed by atoms with E-state index in [4.69, 9.17) is 10.4 Å². The van der Waals surface area contributed by atoms with Crippen molar-refractivity contribution in [2.45, 2.75) is 13.5 Å². The Labute approximate surface area is 139 Å². The molecule has 0 saturated carbocycles. The van der Waals surface area contributed by atoms with Crippen molar-refractivity contribution >= 4 is 22.9 Å². The van der Waals surface area contributed by atoms with E-state index < -0.39 is 5.97 Å². The standard InChI is InChI=1S/C20H16N2O2/c1-14-6-8-15(9-7-14)12-22-13-17(10-16(11-21)20(23)24)18-4-2-3-5-19(18)22/h2-10,13H,12H2,1H3,(H,23,24)/b16-10+. The number of carboxylic acid groups (broad SMARTS) is 1. The van der Waals surface area contributed by atoms with Gasteiger partial charge in [-0.2, -0.15) is 5.26 Å². The third-order valence-corrected chi connectivity index (χ3v) is 3.94. The molecular weight excluding hydrogens is 300 g/mol. The Bertz CT molecular complexity index is 973. The maximum absolute atomic E-state index is 11.1. The Morgan fingerprint density at radius 3 is 2.58 bits per heavy atom. The smallest absolute Gasteiger partial charge is 0.346 e. The molecule has 4 heteroatoms. The molecule has 0 aliphatic carbocycles. The van der Waals surface area contributed by atoms with Gasteiger partial charge in [0.15, 0.2) is 0 Å². The Hall–Kier alpha value is -3.32. The fourth-order valence-electron chi connectivity index (χ4n) is 2.71. The molecule has 4 nitrogen and oxygen atoms in total. The highest BCUT2D eigenvalue weighted by atomic mass is 16.4. The lowest BCUT2D eigenvalue weighted by Gasteiger charge is -2.06. The zero-order valence-electron chi connectivity index (χ0n) is 13.2. The molecule has 0 spiro atoms. The van der Waals surface area contributed by atoms with Gasteiger partial charge < -0.3 is 9.67 Å². The number of nitriles is 1. The lowest BCUT2D eigenvalue weighted by molar-refractivity contribution is -0.132. The monoisotopic (exact) mass is 316 g/mol. The maximum atomic E-state index is 11.1. The van der Waals surface area contributed by atoms with Crippen LogP contribution in [0.2, 0.25) is 0 Å². The van der Waals surface area contributed by atoms with Crippen molar-refractivity contribution in [2.75, 3.05) is 0 Å². The zero-order chi connectivity index (χ0) is 17.1. The van der Waals surface area contributed by atoms with Crippen molar-refractivity contribution in [1.29, 1.82) is 5.26 Å². The molecule has 3 rings (SSSR count). The molecule has 118 valence electrons. The third kappa shape index (κ3) is 3.06. The Kier molecular flexibility index (Phi) is 4.17. The van der Waals surface area contributed by atoms with Gasteiger partial charge in [-0.25, -0.2) is 4.79 Å². The van der Waals surface area contributed by atoms with Gasteiger partial charge in [0.2, 0.25) is 0 Å². The molecule has 3 aromatic rings. The average molecular weight is 316 g/mol. The van der Waals surface area contributed by atoms with Crippen molar-refractivity contribution in [1.82, 2.24) is 4.57 Å². The van der Waals surface area contributed by atoms with E-state index in [9.17, 15) is 4.79 Å². The first kappa shape index (κ1) is 15.6. The molecule has 0 bridgehead atoms. The molecule has 0 atom stereocenters. The number of nitrogens with zero attached hydrogens (tertiary/aromatic N) is 2. The van der Waals surface area contributed by atoms with E-state index >= 15 is 0 Å². The molecule has 0 unspecified atom stereocenters. The van der Waals surface area contributed by atoms with Crippen LogP contribution in [0.1, 0.15) is 16.7 Å². The van der Waals surface area contributed by atoms with Crippen molar-refractivity contribution in [3.05, 3.63) is 77.0 Å². The number of benzene rings is 2. The maximum Gasteiger partial charge on any atom is 0.346 e. The van der Waals surface area contributed by atoms with Crippen molar-refractivity contribution in [3.8, 4) is 6.07 Å². The van der Waals surface area contributed by atoms with Crippen molar-refractivity contribution < 1.29 is 9.90 Å². The van der Waals surface area contributed by atoms with Crippen LogP contribution in [0.4, 0.5) is 0 Å². The van der Waals surface area contributed by atoms with Crippen LogP contribution in [0.15, 0.2) is 60.3 Å². The molecule has 0 radical (unpaired) electrons. The van der Waals surface area contributed by atoms with Crippen LogP contribution >= 0.6 is 0 Å². The molecule has 0 aliphatic heterocycles. The van der Waals surface area contributed by atoms with Gasteiger partial charge in [0.1, 0.15) is 11.6 Å². The van der Waals surface area contributed by atoms with Crippen LogP contribution < -0.4 is 0 Å². The van der Waals surface area contributed by atoms with E-state index in [0.717, 1.165) is 22.0 Å². The summed E-state index contributed by atoms with van der Waals surface area (Å²) < 4.78 is 2.07. The number of hydrogen-bond donors (Lipinski definition) is 1. The number of aromatic nitrogens is 1. The summed E-state index contributed by atoms with van der Waals surface area (Å²) in [4.78, 5) is 11.1. The Balaban J connectivity index is 2.08. The predicted octanol–water partition coefficient (Wildman–Crippen LogP) is 3.99. The zero-order valence-corrected chi connectivity index (χ0v) is 13.2. The lowest BCUT2D eigenvalue weighted by atomic mass is 10.1. The Morgan fingerprint density at radius 1 is 1.21 bits per heavy atom. The second kappa shape index (κ2) is 6.43. The van der Waals surface area contributed by atoms with Gasteiger partial charge in [-0.15, -0.1) is 0 Å². The number of carbonyl (C=O) groups is 1. The summed E-state index contributed by atoms with van der Waals surface area (Å²) in [5.41, 5.74) is 3.84. The molecule has 0 fully saturated rings. The molecule has 24 heavy (non-hydrogen) atoms. The highest BCUT2D eigenvalue weighted by Gasteiger charge is 2.11. The van der Waals surface area contributed by atoms with Gasteiger partial charge in [-0.3, -0.25) is 0 Å². The van der Waals surface area contributed by atoms with Crippen LogP contribution in [0, 0.1) is 18.3 Å². The number of carboxylic acids is 1. The van der Waals surface area contributed by atoms with E-state index in [1.165, 1.54) is 11.6 Å². The van der Waals surface area contributed by atoms with E-state index in [0.29, 0.717) is 6.54 Å². The molecule has 1 N–H and O–H groups in total. The highest BCUT2D eigenvalue weighted by molar-refractivity contribution is 6.00. The van der Waals surface area contributed by atoms with E-state index in [-0.39, 0.29) is 5.57 Å². The minimum absolute atomic E-state index is 0.270. The molecule has 0 saturated heterocycles. The first-order valence-electron chi connectivity index (χ1n) is 7.57. The summed E-state index contributed by atoms with van der Waals surface area (Å²) in [5.74, 6) is -1.21. The molecule has 2 aromatic carbocycles. The second-order valence-corrected chi connectivity index (χ2v) is 5.69. The fraction of sp³-hybridized carbons (Fsp3) is 0.100. The van der Waals surface area contributed by atoms with Gasteiger partial charge in [0.05, 0.1) is 0 Å². The first-order valence-corrected chi connectivity index (χ1v) is 7.57. The number of aryl methyl sites for hydroxylation is 1. The minimum atomic E-state index is -1.21. The molecule has 1 heterocycles. The summed E-state index contributed by atoms with van der Waals surface area (Å²) in [6, 6.07) is 17.8. The van der Waals surface area contributed by atoms with Gasteiger partial charge in [-0.05, 0) is 24.6 Å².